The Labute approximate surface area is 210 Å². The van der Waals surface area contributed by atoms with Crippen LogP contribution in [-0.2, 0) is 0 Å². The average molecular weight is 498 g/mol. The summed E-state index contributed by atoms with van der Waals surface area (Å²) in [6, 6.07) is 16.6. The van der Waals surface area contributed by atoms with Gasteiger partial charge in [0.15, 0.2) is 17.3 Å². The van der Waals surface area contributed by atoms with E-state index < -0.39 is 17.0 Å². The fourth-order valence-corrected chi connectivity index (χ4v) is 4.24. The number of fused-ring (bicyclic) bond motifs is 2. The van der Waals surface area contributed by atoms with E-state index in [9.17, 15) is 14.4 Å². The summed E-state index contributed by atoms with van der Waals surface area (Å²) in [4.78, 5) is 39.4. The maximum atomic E-state index is 13.7. The number of para-hydroxylation sites is 1. The number of esters is 1. The highest BCUT2D eigenvalue weighted by atomic mass is 16.5. The van der Waals surface area contributed by atoms with Gasteiger partial charge in [-0.25, -0.2) is 9.59 Å². The van der Waals surface area contributed by atoms with E-state index in [4.69, 9.17) is 23.0 Å². The summed E-state index contributed by atoms with van der Waals surface area (Å²) in [5.74, 6) is -0.548. The van der Waals surface area contributed by atoms with Crippen molar-refractivity contribution in [3.8, 4) is 28.6 Å². The van der Waals surface area contributed by atoms with Gasteiger partial charge in [0, 0.05) is 10.9 Å². The molecule has 3 aromatic carbocycles. The topological polar surface area (TPSA) is 105 Å². The molecule has 5 rings (SSSR count). The first-order chi connectivity index (χ1) is 17.8. The van der Waals surface area contributed by atoms with Crippen LogP contribution in [0.2, 0.25) is 0 Å². The van der Waals surface area contributed by atoms with Crippen molar-refractivity contribution >= 4 is 27.9 Å². The normalized spacial score (nSPS) is 11.0. The zero-order chi connectivity index (χ0) is 26.3. The van der Waals surface area contributed by atoms with Gasteiger partial charge >= 0.3 is 11.6 Å². The van der Waals surface area contributed by atoms with Gasteiger partial charge in [-0.15, -0.1) is 0 Å². The van der Waals surface area contributed by atoms with E-state index in [1.165, 1.54) is 20.3 Å². The zero-order valence-electron chi connectivity index (χ0n) is 20.5. The van der Waals surface area contributed by atoms with Gasteiger partial charge in [-0.2, -0.15) is 0 Å². The molecule has 2 heterocycles. The predicted octanol–water partition coefficient (Wildman–Crippen LogP) is 5.42. The van der Waals surface area contributed by atoms with Crippen molar-refractivity contribution < 1.29 is 27.8 Å². The summed E-state index contributed by atoms with van der Waals surface area (Å²) >= 11 is 0. The van der Waals surface area contributed by atoms with E-state index in [1.54, 1.807) is 48.5 Å². The molecule has 5 aromatic rings. The second-order valence-electron chi connectivity index (χ2n) is 8.49. The third-order valence-electron chi connectivity index (χ3n) is 5.98. The van der Waals surface area contributed by atoms with Crippen LogP contribution in [0.15, 0.2) is 79.1 Å². The molecule has 0 spiro atoms. The van der Waals surface area contributed by atoms with Crippen molar-refractivity contribution in [2.45, 2.75) is 13.8 Å². The highest BCUT2D eigenvalue weighted by Gasteiger charge is 2.25. The summed E-state index contributed by atoms with van der Waals surface area (Å²) in [5, 5.41) is 0.779. The molecule has 0 aliphatic carbocycles. The maximum Gasteiger partial charge on any atom is 0.351 e. The van der Waals surface area contributed by atoms with Crippen LogP contribution >= 0.6 is 0 Å². The number of hydrogen-bond acceptors (Lipinski definition) is 8. The largest absolute Gasteiger partial charge is 0.493 e. The standard InChI is InChI=1S/C29H22O8/c1-15-11-16(2)25-19(12-15)24(30)27(26(36-25)18-9-10-22(33-3)23(14-18)34-4)37-29(32)20-13-17-7-5-6-8-21(17)35-28(20)31/h5-14H,1-4H3. The molecule has 8 nitrogen and oxygen atoms in total. The van der Waals surface area contributed by atoms with Crippen molar-refractivity contribution in [1.82, 2.24) is 0 Å². The molecule has 0 amide bonds. The van der Waals surface area contributed by atoms with Crippen LogP contribution in [0, 0.1) is 13.8 Å². The molecule has 0 fully saturated rings. The fraction of sp³-hybridized carbons (Fsp3) is 0.138. The Morgan fingerprint density at radius 1 is 0.838 bits per heavy atom. The SMILES string of the molecule is COc1ccc(-c2oc3c(C)cc(C)cc3c(=O)c2OC(=O)c2cc3ccccc3oc2=O)cc1OC. The number of ether oxygens (including phenoxy) is 3. The smallest absolute Gasteiger partial charge is 0.351 e. The van der Waals surface area contributed by atoms with E-state index >= 15 is 0 Å². The molecule has 0 N–H and O–H groups in total. The van der Waals surface area contributed by atoms with Crippen LogP contribution in [-0.4, -0.2) is 20.2 Å². The summed E-state index contributed by atoms with van der Waals surface area (Å²) in [6.07, 6.45) is 0. The fourth-order valence-electron chi connectivity index (χ4n) is 4.24. The van der Waals surface area contributed by atoms with Gasteiger partial charge in [-0.3, -0.25) is 4.79 Å². The van der Waals surface area contributed by atoms with E-state index in [-0.39, 0.29) is 22.5 Å². The summed E-state index contributed by atoms with van der Waals surface area (Å²) in [6.45, 7) is 3.67. The maximum absolute atomic E-state index is 13.7. The first kappa shape index (κ1) is 23.9. The van der Waals surface area contributed by atoms with Gasteiger partial charge in [0.05, 0.1) is 19.6 Å². The van der Waals surface area contributed by atoms with Crippen molar-refractivity contribution in [3.63, 3.8) is 0 Å². The second-order valence-corrected chi connectivity index (χ2v) is 8.49. The van der Waals surface area contributed by atoms with Crippen LogP contribution in [0.4, 0.5) is 0 Å². The summed E-state index contributed by atoms with van der Waals surface area (Å²) in [7, 11) is 2.98. The minimum atomic E-state index is -1.04. The van der Waals surface area contributed by atoms with Crippen LogP contribution < -0.4 is 25.3 Å². The van der Waals surface area contributed by atoms with Crippen molar-refractivity contribution in [2.75, 3.05) is 14.2 Å². The Balaban J connectivity index is 1.72. The Morgan fingerprint density at radius 2 is 1.59 bits per heavy atom. The number of carbonyl (C=O) groups is 1. The monoisotopic (exact) mass is 498 g/mol. The third kappa shape index (κ3) is 4.23. The average Bonchev–Trinajstić information content (AvgIpc) is 2.89. The lowest BCUT2D eigenvalue weighted by Crippen LogP contribution is -2.22. The van der Waals surface area contributed by atoms with Crippen LogP contribution in [0.3, 0.4) is 0 Å². The van der Waals surface area contributed by atoms with E-state index in [0.29, 0.717) is 33.6 Å². The third-order valence-corrected chi connectivity index (χ3v) is 5.98. The number of methoxy groups -OCH3 is 2. The molecular formula is C29H22O8. The molecule has 0 saturated heterocycles. The van der Waals surface area contributed by atoms with Crippen molar-refractivity contribution in [2.24, 2.45) is 0 Å². The molecular weight excluding hydrogens is 476 g/mol. The first-order valence-corrected chi connectivity index (χ1v) is 11.4. The first-order valence-electron chi connectivity index (χ1n) is 11.4. The molecule has 0 aliphatic rings. The summed E-state index contributed by atoms with van der Waals surface area (Å²) < 4.78 is 27.7. The number of rotatable bonds is 5. The van der Waals surface area contributed by atoms with Crippen molar-refractivity contribution in [1.29, 1.82) is 0 Å². The molecule has 0 unspecified atom stereocenters. The molecule has 2 aromatic heterocycles. The minimum Gasteiger partial charge on any atom is -0.493 e. The molecule has 0 bridgehead atoms. The van der Waals surface area contributed by atoms with Crippen molar-refractivity contribution in [3.05, 3.63) is 98.0 Å². The van der Waals surface area contributed by atoms with E-state index in [2.05, 4.69) is 0 Å². The molecule has 0 aliphatic heterocycles. The van der Waals surface area contributed by atoms with Gasteiger partial charge in [0.1, 0.15) is 16.7 Å². The second kappa shape index (κ2) is 9.31. The minimum absolute atomic E-state index is 0.00364. The van der Waals surface area contributed by atoms with Crippen LogP contribution in [0.5, 0.6) is 17.2 Å². The van der Waals surface area contributed by atoms with Gasteiger partial charge in [-0.1, -0.05) is 24.3 Å². The van der Waals surface area contributed by atoms with Crippen LogP contribution in [0.1, 0.15) is 21.5 Å². The van der Waals surface area contributed by atoms with Gasteiger partial charge in [0.25, 0.3) is 0 Å². The van der Waals surface area contributed by atoms with Crippen LogP contribution in [0.25, 0.3) is 33.3 Å². The highest BCUT2D eigenvalue weighted by molar-refractivity contribution is 5.95. The number of hydrogen-bond donors (Lipinski definition) is 0. The Hall–Kier alpha value is -4.85. The zero-order valence-corrected chi connectivity index (χ0v) is 20.5. The molecule has 0 saturated carbocycles. The highest BCUT2D eigenvalue weighted by Crippen LogP contribution is 2.37. The molecule has 0 atom stereocenters. The number of carbonyl (C=O) groups excluding carboxylic acids is 1. The number of benzene rings is 3. The summed E-state index contributed by atoms with van der Waals surface area (Å²) in [5.41, 5.74) is 0.869. The van der Waals surface area contributed by atoms with Gasteiger partial charge < -0.3 is 23.0 Å². The van der Waals surface area contributed by atoms with E-state index in [1.807, 2.05) is 19.9 Å². The molecule has 0 radical (unpaired) electrons. The van der Waals surface area contributed by atoms with Gasteiger partial charge in [-0.05, 0) is 61.4 Å². The predicted molar refractivity (Wildman–Crippen MR) is 138 cm³/mol. The van der Waals surface area contributed by atoms with Gasteiger partial charge in [0.2, 0.25) is 11.2 Å². The quantitative estimate of drug-likeness (QED) is 0.234. The lowest BCUT2D eigenvalue weighted by atomic mass is 10.0. The Morgan fingerprint density at radius 3 is 2.35 bits per heavy atom. The molecule has 37 heavy (non-hydrogen) atoms. The molecule has 186 valence electrons. The lowest BCUT2D eigenvalue weighted by molar-refractivity contribution is 0.0727. The number of aryl methyl sites for hydroxylation is 2. The Bertz CT molecular complexity index is 1810. The Kier molecular flexibility index (Phi) is 6.01. The lowest BCUT2D eigenvalue weighted by Gasteiger charge is -2.14. The van der Waals surface area contributed by atoms with E-state index in [0.717, 1.165) is 11.1 Å². The molecule has 8 heteroatoms.